The predicted molar refractivity (Wildman–Crippen MR) is 141 cm³/mol. The number of nitrogens with zero attached hydrogens (tertiary/aromatic N) is 2. The second kappa shape index (κ2) is 10.9. The fourth-order valence-electron chi connectivity index (χ4n) is 4.51. The third kappa shape index (κ3) is 5.22. The SMILES string of the molecule is COc1cc(C2c3c(oc4ccc(Cl)cc4c3=O)C(=O)N2CCCN(C)C)ccc1OCCC(C)C. The van der Waals surface area contributed by atoms with E-state index in [2.05, 4.69) is 18.7 Å². The van der Waals surface area contributed by atoms with E-state index in [0.29, 0.717) is 52.1 Å². The number of halogens is 1. The molecule has 0 N–H and O–H groups in total. The normalized spacial score (nSPS) is 15.3. The number of ether oxygens (including phenoxy) is 2. The Balaban J connectivity index is 1.80. The van der Waals surface area contributed by atoms with Crippen molar-refractivity contribution in [3.63, 3.8) is 0 Å². The summed E-state index contributed by atoms with van der Waals surface area (Å²) in [5.74, 6) is 1.50. The molecule has 192 valence electrons. The average Bonchev–Trinajstić information content (AvgIpc) is 3.11. The highest BCUT2D eigenvalue weighted by Crippen LogP contribution is 2.41. The Kier molecular flexibility index (Phi) is 7.91. The summed E-state index contributed by atoms with van der Waals surface area (Å²) in [5.41, 5.74) is 1.18. The fraction of sp³-hybridized carbons (Fsp3) is 0.429. The zero-order valence-corrected chi connectivity index (χ0v) is 22.2. The smallest absolute Gasteiger partial charge is 0.290 e. The van der Waals surface area contributed by atoms with Crippen LogP contribution in [-0.2, 0) is 0 Å². The van der Waals surface area contributed by atoms with Crippen LogP contribution in [0.5, 0.6) is 11.5 Å². The molecule has 0 saturated heterocycles. The quantitative estimate of drug-likeness (QED) is 0.363. The summed E-state index contributed by atoms with van der Waals surface area (Å²) in [4.78, 5) is 31.0. The summed E-state index contributed by atoms with van der Waals surface area (Å²) in [5, 5.41) is 0.790. The van der Waals surface area contributed by atoms with Gasteiger partial charge in [0.2, 0.25) is 5.76 Å². The van der Waals surface area contributed by atoms with Gasteiger partial charge in [-0.25, -0.2) is 0 Å². The third-order valence-corrected chi connectivity index (χ3v) is 6.62. The van der Waals surface area contributed by atoms with Crippen LogP contribution >= 0.6 is 11.6 Å². The molecule has 1 unspecified atom stereocenters. The van der Waals surface area contributed by atoms with Gasteiger partial charge in [0.1, 0.15) is 5.58 Å². The molecule has 8 heteroatoms. The van der Waals surface area contributed by atoms with Crippen molar-refractivity contribution in [2.24, 2.45) is 5.92 Å². The first-order valence-corrected chi connectivity index (χ1v) is 12.6. The van der Waals surface area contributed by atoms with Gasteiger partial charge in [-0.15, -0.1) is 0 Å². The Labute approximate surface area is 216 Å². The number of carbonyl (C=O) groups excluding carboxylic acids is 1. The molecule has 0 radical (unpaired) electrons. The van der Waals surface area contributed by atoms with E-state index in [1.807, 2.05) is 32.3 Å². The maximum atomic E-state index is 13.7. The van der Waals surface area contributed by atoms with Gasteiger partial charge in [0, 0.05) is 11.6 Å². The van der Waals surface area contributed by atoms with Gasteiger partial charge >= 0.3 is 0 Å². The van der Waals surface area contributed by atoms with E-state index in [-0.39, 0.29) is 17.1 Å². The molecule has 2 aromatic carbocycles. The Morgan fingerprint density at radius 1 is 1.11 bits per heavy atom. The van der Waals surface area contributed by atoms with Crippen LogP contribution in [0.15, 0.2) is 45.6 Å². The number of rotatable bonds is 10. The van der Waals surface area contributed by atoms with Crippen molar-refractivity contribution in [1.82, 2.24) is 9.80 Å². The van der Waals surface area contributed by atoms with E-state index in [1.54, 1.807) is 30.2 Å². The molecule has 1 aromatic heterocycles. The molecule has 2 heterocycles. The minimum atomic E-state index is -0.604. The summed E-state index contributed by atoms with van der Waals surface area (Å²) in [7, 11) is 5.56. The predicted octanol–water partition coefficient (Wildman–Crippen LogP) is 5.38. The lowest BCUT2D eigenvalue weighted by molar-refractivity contribution is 0.0722. The summed E-state index contributed by atoms with van der Waals surface area (Å²) < 4.78 is 17.6. The first-order valence-electron chi connectivity index (χ1n) is 12.2. The number of fused-ring (bicyclic) bond motifs is 2. The molecular formula is C28H33ClN2O5. The van der Waals surface area contributed by atoms with Crippen molar-refractivity contribution in [2.75, 3.05) is 40.9 Å². The minimum Gasteiger partial charge on any atom is -0.493 e. The molecule has 0 fully saturated rings. The van der Waals surface area contributed by atoms with Crippen LogP contribution in [0, 0.1) is 5.92 Å². The molecule has 1 aliphatic heterocycles. The lowest BCUT2D eigenvalue weighted by Gasteiger charge is -2.26. The van der Waals surface area contributed by atoms with Gasteiger partial charge in [-0.2, -0.15) is 0 Å². The molecule has 0 saturated carbocycles. The van der Waals surface area contributed by atoms with Crippen molar-refractivity contribution in [1.29, 1.82) is 0 Å². The molecular weight excluding hydrogens is 480 g/mol. The van der Waals surface area contributed by atoms with Crippen LogP contribution < -0.4 is 14.9 Å². The fourth-order valence-corrected chi connectivity index (χ4v) is 4.68. The summed E-state index contributed by atoms with van der Waals surface area (Å²) in [6.07, 6.45) is 1.67. The van der Waals surface area contributed by atoms with Crippen molar-refractivity contribution in [2.45, 2.75) is 32.7 Å². The molecule has 0 spiro atoms. The van der Waals surface area contributed by atoms with Gasteiger partial charge < -0.3 is 23.7 Å². The molecule has 0 aliphatic carbocycles. The van der Waals surface area contributed by atoms with Gasteiger partial charge in [-0.3, -0.25) is 9.59 Å². The largest absolute Gasteiger partial charge is 0.493 e. The van der Waals surface area contributed by atoms with Crippen molar-refractivity contribution in [3.05, 3.63) is 68.5 Å². The number of carbonyl (C=O) groups is 1. The zero-order valence-electron chi connectivity index (χ0n) is 21.5. The van der Waals surface area contributed by atoms with Crippen LogP contribution in [0.4, 0.5) is 0 Å². The molecule has 4 rings (SSSR count). The van der Waals surface area contributed by atoms with Crippen LogP contribution in [0.25, 0.3) is 11.0 Å². The number of benzene rings is 2. The summed E-state index contributed by atoms with van der Waals surface area (Å²) >= 11 is 6.18. The second-order valence-corrected chi connectivity index (χ2v) is 10.3. The van der Waals surface area contributed by atoms with Crippen LogP contribution in [-0.4, -0.2) is 56.6 Å². The Hall–Kier alpha value is -3.03. The maximum Gasteiger partial charge on any atom is 0.290 e. The molecule has 36 heavy (non-hydrogen) atoms. The average molecular weight is 513 g/mol. The highest BCUT2D eigenvalue weighted by atomic mass is 35.5. The Morgan fingerprint density at radius 2 is 1.89 bits per heavy atom. The van der Waals surface area contributed by atoms with Crippen molar-refractivity contribution in [3.8, 4) is 11.5 Å². The van der Waals surface area contributed by atoms with Gasteiger partial charge in [0.05, 0.1) is 30.7 Å². The molecule has 0 bridgehead atoms. The van der Waals surface area contributed by atoms with E-state index in [4.69, 9.17) is 25.5 Å². The molecule has 7 nitrogen and oxygen atoms in total. The van der Waals surface area contributed by atoms with E-state index in [1.165, 1.54) is 0 Å². The Bertz CT molecular complexity index is 1320. The lowest BCUT2D eigenvalue weighted by Crippen LogP contribution is -2.32. The first-order chi connectivity index (χ1) is 17.2. The lowest BCUT2D eigenvalue weighted by atomic mass is 9.98. The van der Waals surface area contributed by atoms with Crippen molar-refractivity contribution < 1.29 is 18.7 Å². The standard InChI is InChI=1S/C28H33ClN2O5/c1-17(2)11-14-35-22-9-7-18(15-23(22)34-5)25-24-26(32)20-16-19(29)8-10-21(20)36-27(24)28(33)31(25)13-6-12-30(3)4/h7-10,15-17,25H,6,11-14H2,1-5H3. The maximum absolute atomic E-state index is 13.7. The molecule has 1 amide bonds. The first kappa shape index (κ1) is 26.0. The van der Waals surface area contributed by atoms with Crippen molar-refractivity contribution >= 4 is 28.5 Å². The number of hydrogen-bond donors (Lipinski definition) is 0. The van der Waals surface area contributed by atoms with Gasteiger partial charge in [-0.1, -0.05) is 31.5 Å². The van der Waals surface area contributed by atoms with Crippen LogP contribution in [0.1, 0.15) is 54.4 Å². The van der Waals surface area contributed by atoms with E-state index < -0.39 is 6.04 Å². The highest BCUT2D eigenvalue weighted by molar-refractivity contribution is 6.31. The highest BCUT2D eigenvalue weighted by Gasteiger charge is 2.42. The number of methoxy groups -OCH3 is 1. The monoisotopic (exact) mass is 512 g/mol. The van der Waals surface area contributed by atoms with Crippen LogP contribution in [0.3, 0.4) is 0 Å². The number of hydrogen-bond acceptors (Lipinski definition) is 6. The second-order valence-electron chi connectivity index (χ2n) is 9.81. The zero-order chi connectivity index (χ0) is 26.0. The Morgan fingerprint density at radius 3 is 2.58 bits per heavy atom. The summed E-state index contributed by atoms with van der Waals surface area (Å²) in [6.45, 7) is 6.14. The minimum absolute atomic E-state index is 0.0842. The molecule has 3 aromatic rings. The van der Waals surface area contributed by atoms with E-state index in [9.17, 15) is 9.59 Å². The topological polar surface area (TPSA) is 72.2 Å². The van der Waals surface area contributed by atoms with Gasteiger partial charge in [0.25, 0.3) is 5.91 Å². The van der Waals surface area contributed by atoms with E-state index in [0.717, 1.165) is 24.9 Å². The molecule has 1 aliphatic rings. The summed E-state index contributed by atoms with van der Waals surface area (Å²) in [6, 6.07) is 9.84. The van der Waals surface area contributed by atoms with Crippen LogP contribution in [0.2, 0.25) is 5.02 Å². The number of amides is 1. The van der Waals surface area contributed by atoms with Gasteiger partial charge in [0.15, 0.2) is 16.9 Å². The van der Waals surface area contributed by atoms with Gasteiger partial charge in [-0.05, 0) is 75.3 Å². The molecule has 1 atom stereocenters. The third-order valence-electron chi connectivity index (χ3n) is 6.39. The van der Waals surface area contributed by atoms with E-state index >= 15 is 0 Å².